The molecule has 0 radical (unpaired) electrons. The Morgan fingerprint density at radius 1 is 1.33 bits per heavy atom. The molecule has 94 valence electrons. The first kappa shape index (κ1) is 12.8. The van der Waals surface area contributed by atoms with Gasteiger partial charge in [-0.1, -0.05) is 23.2 Å². The predicted octanol–water partition coefficient (Wildman–Crippen LogP) is 3.29. The molecule has 0 atom stereocenters. The summed E-state index contributed by atoms with van der Waals surface area (Å²) < 4.78 is 1.62. The van der Waals surface area contributed by atoms with Crippen LogP contribution in [0.5, 0.6) is 5.75 Å². The predicted molar refractivity (Wildman–Crippen MR) is 71.5 cm³/mol. The Morgan fingerprint density at radius 3 is 2.61 bits per heavy atom. The molecule has 0 unspecified atom stereocenters. The van der Waals surface area contributed by atoms with E-state index in [1.807, 2.05) is 0 Å². The zero-order valence-electron chi connectivity index (χ0n) is 9.45. The molecule has 0 saturated carbocycles. The van der Waals surface area contributed by atoms with Gasteiger partial charge in [-0.25, -0.2) is 0 Å². The molecule has 2 rings (SSSR count). The number of nitrogens with zero attached hydrogens (tertiary/aromatic N) is 1. The number of amides is 1. The average molecular weight is 285 g/mol. The van der Waals surface area contributed by atoms with Crippen LogP contribution in [-0.4, -0.2) is 15.6 Å². The summed E-state index contributed by atoms with van der Waals surface area (Å²) in [6, 6.07) is 6.01. The molecule has 18 heavy (non-hydrogen) atoms. The van der Waals surface area contributed by atoms with Gasteiger partial charge in [-0.2, -0.15) is 0 Å². The van der Waals surface area contributed by atoms with E-state index >= 15 is 0 Å². The van der Waals surface area contributed by atoms with Gasteiger partial charge >= 0.3 is 0 Å². The van der Waals surface area contributed by atoms with Crippen molar-refractivity contribution in [1.82, 2.24) is 4.57 Å². The highest BCUT2D eigenvalue weighted by Gasteiger charge is 2.12. The molecule has 2 aromatic rings. The summed E-state index contributed by atoms with van der Waals surface area (Å²) in [5.41, 5.74) is 0.935. The van der Waals surface area contributed by atoms with Crippen LogP contribution in [0, 0.1) is 0 Å². The number of rotatable bonds is 2. The molecule has 0 fully saturated rings. The molecule has 1 aromatic heterocycles. The first-order chi connectivity index (χ1) is 8.47. The number of carbonyl (C=O) groups is 1. The molecule has 1 aromatic carbocycles. The van der Waals surface area contributed by atoms with Crippen LogP contribution >= 0.6 is 23.2 Å². The molecule has 2 N–H and O–H groups in total. The van der Waals surface area contributed by atoms with Gasteiger partial charge < -0.3 is 15.0 Å². The Hall–Kier alpha value is -1.65. The lowest BCUT2D eigenvalue weighted by atomic mass is 10.3. The second kappa shape index (κ2) is 4.92. The molecule has 0 spiro atoms. The summed E-state index contributed by atoms with van der Waals surface area (Å²) in [5, 5.41) is 12.6. The van der Waals surface area contributed by atoms with Gasteiger partial charge in [0.05, 0.1) is 10.0 Å². The number of aromatic nitrogens is 1. The number of hydrogen-bond acceptors (Lipinski definition) is 2. The fourth-order valence-corrected chi connectivity index (χ4v) is 1.96. The minimum atomic E-state index is -0.300. The van der Waals surface area contributed by atoms with Gasteiger partial charge in [-0.15, -0.1) is 0 Å². The molecule has 4 nitrogen and oxygen atoms in total. The van der Waals surface area contributed by atoms with Crippen molar-refractivity contribution in [3.63, 3.8) is 0 Å². The van der Waals surface area contributed by atoms with E-state index in [1.54, 1.807) is 29.9 Å². The fraction of sp³-hybridized carbons (Fsp3) is 0.0833. The molecule has 0 saturated heterocycles. The lowest BCUT2D eigenvalue weighted by Crippen LogP contribution is -2.15. The highest BCUT2D eigenvalue weighted by molar-refractivity contribution is 6.32. The van der Waals surface area contributed by atoms with Gasteiger partial charge in [0.15, 0.2) is 0 Å². The quantitative estimate of drug-likeness (QED) is 0.832. The van der Waals surface area contributed by atoms with E-state index in [0.29, 0.717) is 16.4 Å². The highest BCUT2D eigenvalue weighted by Crippen LogP contribution is 2.26. The molecule has 1 heterocycles. The highest BCUT2D eigenvalue weighted by atomic mass is 35.5. The molecule has 0 aliphatic rings. The van der Waals surface area contributed by atoms with E-state index in [9.17, 15) is 9.90 Å². The number of aromatic hydroxyl groups is 1. The Bertz CT molecular complexity index is 608. The fourth-order valence-electron chi connectivity index (χ4n) is 1.53. The number of benzene rings is 1. The number of nitrogens with one attached hydrogen (secondary N) is 1. The largest absolute Gasteiger partial charge is 0.506 e. The van der Waals surface area contributed by atoms with Crippen molar-refractivity contribution in [2.45, 2.75) is 0 Å². The molecular formula is C12H10Cl2N2O2. The number of carbonyl (C=O) groups excluding carboxylic acids is 1. The third-order valence-electron chi connectivity index (χ3n) is 2.41. The number of halogens is 2. The van der Waals surface area contributed by atoms with E-state index in [4.69, 9.17) is 23.2 Å². The number of phenolic OH excluding ortho intramolecular Hbond substituents is 1. The van der Waals surface area contributed by atoms with Crippen molar-refractivity contribution in [3.05, 3.63) is 46.2 Å². The van der Waals surface area contributed by atoms with E-state index in [2.05, 4.69) is 5.32 Å². The van der Waals surface area contributed by atoms with Gasteiger partial charge in [0, 0.05) is 18.9 Å². The van der Waals surface area contributed by atoms with Gasteiger partial charge in [0.1, 0.15) is 11.4 Å². The Labute approximate surface area is 114 Å². The molecule has 1 amide bonds. The summed E-state index contributed by atoms with van der Waals surface area (Å²) in [5.74, 6) is -0.331. The van der Waals surface area contributed by atoms with Crippen molar-refractivity contribution in [3.8, 4) is 5.75 Å². The van der Waals surface area contributed by atoms with Crippen LogP contribution < -0.4 is 5.32 Å². The summed E-state index contributed by atoms with van der Waals surface area (Å²) in [7, 11) is 1.73. The molecular weight excluding hydrogens is 275 g/mol. The lowest BCUT2D eigenvalue weighted by molar-refractivity contribution is 0.101. The van der Waals surface area contributed by atoms with Crippen LogP contribution in [0.3, 0.4) is 0 Å². The van der Waals surface area contributed by atoms with Crippen molar-refractivity contribution in [2.75, 3.05) is 5.32 Å². The van der Waals surface area contributed by atoms with E-state index < -0.39 is 0 Å². The standard InChI is InChI=1S/C12H10Cl2N2O2/c1-16-6-7(13)4-10(16)12(18)15-8-2-3-11(17)9(14)5-8/h2-6,17H,1H3,(H,15,18). The second-order valence-corrected chi connectivity index (χ2v) is 4.62. The molecule has 6 heteroatoms. The number of aryl methyl sites for hydroxylation is 1. The summed E-state index contributed by atoms with van der Waals surface area (Å²) in [6.07, 6.45) is 1.64. The zero-order valence-corrected chi connectivity index (χ0v) is 11.0. The minimum Gasteiger partial charge on any atom is -0.506 e. The van der Waals surface area contributed by atoms with Gasteiger partial charge in [-0.3, -0.25) is 4.79 Å². The SMILES string of the molecule is Cn1cc(Cl)cc1C(=O)Nc1ccc(O)c(Cl)c1. The molecule has 0 bridgehead atoms. The van der Waals surface area contributed by atoms with Crippen molar-refractivity contribution < 1.29 is 9.90 Å². The van der Waals surface area contributed by atoms with Gasteiger partial charge in [-0.05, 0) is 24.3 Å². The normalized spacial score (nSPS) is 10.4. The van der Waals surface area contributed by atoms with E-state index in [0.717, 1.165) is 0 Å². The smallest absolute Gasteiger partial charge is 0.272 e. The first-order valence-corrected chi connectivity index (χ1v) is 5.84. The number of anilines is 1. The third-order valence-corrected chi connectivity index (χ3v) is 2.92. The Balaban J connectivity index is 2.21. The van der Waals surface area contributed by atoms with Crippen LogP contribution in [0.4, 0.5) is 5.69 Å². The second-order valence-electron chi connectivity index (χ2n) is 3.77. The van der Waals surface area contributed by atoms with Gasteiger partial charge in [0.2, 0.25) is 0 Å². The van der Waals surface area contributed by atoms with Crippen LogP contribution in [-0.2, 0) is 7.05 Å². The van der Waals surface area contributed by atoms with E-state index in [-0.39, 0.29) is 16.7 Å². The maximum atomic E-state index is 11.9. The zero-order chi connectivity index (χ0) is 13.3. The van der Waals surface area contributed by atoms with Crippen molar-refractivity contribution in [2.24, 2.45) is 7.05 Å². The first-order valence-electron chi connectivity index (χ1n) is 5.09. The monoisotopic (exact) mass is 284 g/mol. The number of hydrogen-bond donors (Lipinski definition) is 2. The van der Waals surface area contributed by atoms with Crippen molar-refractivity contribution >= 4 is 34.8 Å². The van der Waals surface area contributed by atoms with Crippen LogP contribution in [0.2, 0.25) is 10.0 Å². The maximum Gasteiger partial charge on any atom is 0.272 e. The Kier molecular flexibility index (Phi) is 3.50. The Morgan fingerprint density at radius 2 is 2.06 bits per heavy atom. The minimum absolute atomic E-state index is 0.0309. The van der Waals surface area contributed by atoms with Gasteiger partial charge in [0.25, 0.3) is 5.91 Å². The summed E-state index contributed by atoms with van der Waals surface area (Å²) in [6.45, 7) is 0. The molecule has 0 aliphatic carbocycles. The van der Waals surface area contributed by atoms with Crippen molar-refractivity contribution in [1.29, 1.82) is 0 Å². The topological polar surface area (TPSA) is 54.3 Å². The third kappa shape index (κ3) is 2.60. The van der Waals surface area contributed by atoms with Crippen LogP contribution in [0.25, 0.3) is 0 Å². The maximum absolute atomic E-state index is 11.9. The molecule has 0 aliphatic heterocycles. The average Bonchev–Trinajstić information content (AvgIpc) is 2.63. The van der Waals surface area contributed by atoms with Crippen LogP contribution in [0.1, 0.15) is 10.5 Å². The van der Waals surface area contributed by atoms with E-state index in [1.165, 1.54) is 12.1 Å². The van der Waals surface area contributed by atoms with Crippen LogP contribution in [0.15, 0.2) is 30.5 Å². The lowest BCUT2D eigenvalue weighted by Gasteiger charge is -2.06. The number of phenols is 1. The summed E-state index contributed by atoms with van der Waals surface area (Å²) in [4.78, 5) is 11.9. The summed E-state index contributed by atoms with van der Waals surface area (Å²) >= 11 is 11.6.